The van der Waals surface area contributed by atoms with Crippen LogP contribution >= 0.6 is 0 Å². The molecule has 2 rings (SSSR count). The predicted molar refractivity (Wildman–Crippen MR) is 77.2 cm³/mol. The predicted octanol–water partition coefficient (Wildman–Crippen LogP) is 3.39. The standard InChI is InChI=1S/C16H19FN2O/c1-11-6-7-13(9-15(11)17)12(2)19-10-14-5-4-8-18-16(14)20-3/h4-9,12,19H,10H2,1-3H3. The Kier molecular flexibility index (Phi) is 4.69. The maximum atomic E-state index is 13.6. The summed E-state index contributed by atoms with van der Waals surface area (Å²) in [4.78, 5) is 4.15. The maximum Gasteiger partial charge on any atom is 0.217 e. The molecule has 1 aromatic heterocycles. The van der Waals surface area contributed by atoms with Crippen LogP contribution < -0.4 is 10.1 Å². The van der Waals surface area contributed by atoms with Gasteiger partial charge in [-0.3, -0.25) is 0 Å². The maximum absolute atomic E-state index is 13.6. The zero-order chi connectivity index (χ0) is 14.5. The topological polar surface area (TPSA) is 34.1 Å². The summed E-state index contributed by atoms with van der Waals surface area (Å²) in [7, 11) is 1.60. The Balaban J connectivity index is 2.04. The smallest absolute Gasteiger partial charge is 0.217 e. The number of aromatic nitrogens is 1. The van der Waals surface area contributed by atoms with Crippen molar-refractivity contribution in [2.75, 3.05) is 7.11 Å². The molecule has 106 valence electrons. The summed E-state index contributed by atoms with van der Waals surface area (Å²) in [5, 5.41) is 3.35. The van der Waals surface area contributed by atoms with Gasteiger partial charge in [0.05, 0.1) is 7.11 Å². The van der Waals surface area contributed by atoms with E-state index in [1.165, 1.54) is 0 Å². The molecule has 0 saturated heterocycles. The molecule has 0 spiro atoms. The van der Waals surface area contributed by atoms with Crippen LogP contribution in [0.25, 0.3) is 0 Å². The van der Waals surface area contributed by atoms with Gasteiger partial charge in [0.1, 0.15) is 5.82 Å². The minimum Gasteiger partial charge on any atom is -0.481 e. The first-order valence-corrected chi connectivity index (χ1v) is 6.59. The second-order valence-electron chi connectivity index (χ2n) is 4.78. The highest BCUT2D eigenvalue weighted by molar-refractivity contribution is 5.27. The summed E-state index contributed by atoms with van der Waals surface area (Å²) in [6.45, 7) is 4.39. The zero-order valence-corrected chi connectivity index (χ0v) is 12.0. The monoisotopic (exact) mass is 274 g/mol. The zero-order valence-electron chi connectivity index (χ0n) is 12.0. The van der Waals surface area contributed by atoms with Crippen LogP contribution in [0.2, 0.25) is 0 Å². The molecule has 20 heavy (non-hydrogen) atoms. The number of rotatable bonds is 5. The Hall–Kier alpha value is -1.94. The van der Waals surface area contributed by atoms with Gasteiger partial charge in [-0.25, -0.2) is 9.37 Å². The molecule has 1 unspecified atom stereocenters. The van der Waals surface area contributed by atoms with Crippen LogP contribution in [-0.2, 0) is 6.54 Å². The largest absolute Gasteiger partial charge is 0.481 e. The van der Waals surface area contributed by atoms with E-state index in [9.17, 15) is 4.39 Å². The molecule has 0 aliphatic heterocycles. The Morgan fingerprint density at radius 2 is 2.15 bits per heavy atom. The number of halogens is 1. The van der Waals surface area contributed by atoms with Crippen LogP contribution in [0.4, 0.5) is 4.39 Å². The number of aryl methyl sites for hydroxylation is 1. The fourth-order valence-electron chi connectivity index (χ4n) is 2.00. The molecule has 2 aromatic rings. The Morgan fingerprint density at radius 3 is 2.85 bits per heavy atom. The van der Waals surface area contributed by atoms with E-state index in [1.54, 1.807) is 32.4 Å². The summed E-state index contributed by atoms with van der Waals surface area (Å²) < 4.78 is 18.8. The van der Waals surface area contributed by atoms with Gasteiger partial charge in [-0.05, 0) is 37.1 Å². The van der Waals surface area contributed by atoms with E-state index in [1.807, 2.05) is 25.1 Å². The number of benzene rings is 1. The van der Waals surface area contributed by atoms with Crippen molar-refractivity contribution < 1.29 is 9.13 Å². The first-order chi connectivity index (χ1) is 9.61. The van der Waals surface area contributed by atoms with Gasteiger partial charge in [-0.15, -0.1) is 0 Å². The number of nitrogens with one attached hydrogen (secondary N) is 1. The summed E-state index contributed by atoms with van der Waals surface area (Å²) in [6, 6.07) is 9.20. The van der Waals surface area contributed by atoms with Crippen LogP contribution in [0, 0.1) is 12.7 Å². The second kappa shape index (κ2) is 6.48. The molecule has 1 heterocycles. The van der Waals surface area contributed by atoms with E-state index >= 15 is 0 Å². The highest BCUT2D eigenvalue weighted by Gasteiger charge is 2.09. The molecule has 1 aromatic carbocycles. The van der Waals surface area contributed by atoms with Crippen LogP contribution in [0.3, 0.4) is 0 Å². The minimum atomic E-state index is -0.171. The second-order valence-corrected chi connectivity index (χ2v) is 4.78. The Labute approximate surface area is 118 Å². The van der Waals surface area contributed by atoms with E-state index in [0.29, 0.717) is 18.0 Å². The third-order valence-corrected chi connectivity index (χ3v) is 3.34. The van der Waals surface area contributed by atoms with Gasteiger partial charge >= 0.3 is 0 Å². The van der Waals surface area contributed by atoms with E-state index in [2.05, 4.69) is 10.3 Å². The minimum absolute atomic E-state index is 0.0509. The Morgan fingerprint density at radius 1 is 1.35 bits per heavy atom. The highest BCUT2D eigenvalue weighted by Crippen LogP contribution is 2.18. The number of nitrogens with zero attached hydrogens (tertiary/aromatic N) is 1. The highest BCUT2D eigenvalue weighted by atomic mass is 19.1. The molecular formula is C16H19FN2O. The van der Waals surface area contributed by atoms with Gasteiger partial charge in [0, 0.05) is 24.3 Å². The molecule has 0 saturated carbocycles. The molecule has 0 bridgehead atoms. The van der Waals surface area contributed by atoms with Gasteiger partial charge in [0.2, 0.25) is 5.88 Å². The third kappa shape index (κ3) is 3.33. The average Bonchev–Trinajstić information content (AvgIpc) is 2.47. The quantitative estimate of drug-likeness (QED) is 0.907. The lowest BCUT2D eigenvalue weighted by molar-refractivity contribution is 0.389. The van der Waals surface area contributed by atoms with Crippen molar-refractivity contribution >= 4 is 0 Å². The molecule has 4 heteroatoms. The molecule has 0 amide bonds. The van der Waals surface area contributed by atoms with Crippen molar-refractivity contribution in [3.05, 3.63) is 59.0 Å². The van der Waals surface area contributed by atoms with Crippen LogP contribution in [-0.4, -0.2) is 12.1 Å². The van der Waals surface area contributed by atoms with Crippen molar-refractivity contribution in [1.29, 1.82) is 0 Å². The first kappa shape index (κ1) is 14.5. The molecule has 0 aliphatic carbocycles. The van der Waals surface area contributed by atoms with Gasteiger partial charge in [-0.2, -0.15) is 0 Å². The van der Waals surface area contributed by atoms with E-state index in [0.717, 1.165) is 11.1 Å². The molecule has 1 atom stereocenters. The fourth-order valence-corrected chi connectivity index (χ4v) is 2.00. The third-order valence-electron chi connectivity index (χ3n) is 3.34. The molecule has 3 nitrogen and oxygen atoms in total. The van der Waals surface area contributed by atoms with Crippen molar-refractivity contribution in [1.82, 2.24) is 10.3 Å². The van der Waals surface area contributed by atoms with Crippen molar-refractivity contribution in [2.24, 2.45) is 0 Å². The van der Waals surface area contributed by atoms with Gasteiger partial charge in [-0.1, -0.05) is 18.2 Å². The summed E-state index contributed by atoms with van der Waals surface area (Å²) in [6.07, 6.45) is 1.70. The Bertz CT molecular complexity index is 586. The summed E-state index contributed by atoms with van der Waals surface area (Å²) in [5.74, 6) is 0.442. The molecule has 0 aliphatic rings. The van der Waals surface area contributed by atoms with Crippen molar-refractivity contribution in [2.45, 2.75) is 26.4 Å². The van der Waals surface area contributed by atoms with Crippen LogP contribution in [0.1, 0.15) is 29.7 Å². The molecular weight excluding hydrogens is 255 g/mol. The van der Waals surface area contributed by atoms with E-state index in [4.69, 9.17) is 4.74 Å². The number of ether oxygens (including phenoxy) is 1. The lowest BCUT2D eigenvalue weighted by atomic mass is 10.1. The van der Waals surface area contributed by atoms with Gasteiger partial charge in [0.15, 0.2) is 0 Å². The molecule has 1 N–H and O–H groups in total. The van der Waals surface area contributed by atoms with E-state index in [-0.39, 0.29) is 11.9 Å². The average molecular weight is 274 g/mol. The lowest BCUT2D eigenvalue weighted by Crippen LogP contribution is -2.19. The van der Waals surface area contributed by atoms with Crippen LogP contribution in [0.15, 0.2) is 36.5 Å². The lowest BCUT2D eigenvalue weighted by Gasteiger charge is -2.16. The van der Waals surface area contributed by atoms with Crippen molar-refractivity contribution in [3.8, 4) is 5.88 Å². The van der Waals surface area contributed by atoms with E-state index < -0.39 is 0 Å². The van der Waals surface area contributed by atoms with Gasteiger partial charge < -0.3 is 10.1 Å². The number of methoxy groups -OCH3 is 1. The van der Waals surface area contributed by atoms with Gasteiger partial charge in [0.25, 0.3) is 0 Å². The molecule has 0 radical (unpaired) electrons. The summed E-state index contributed by atoms with van der Waals surface area (Å²) in [5.41, 5.74) is 2.57. The SMILES string of the molecule is COc1ncccc1CNC(C)c1ccc(C)c(F)c1. The van der Waals surface area contributed by atoms with Crippen molar-refractivity contribution in [3.63, 3.8) is 0 Å². The first-order valence-electron chi connectivity index (χ1n) is 6.59. The number of pyridine rings is 1. The fraction of sp³-hybridized carbons (Fsp3) is 0.312. The summed E-state index contributed by atoms with van der Waals surface area (Å²) >= 11 is 0. The normalized spacial score (nSPS) is 12.2. The van der Waals surface area contributed by atoms with Crippen LogP contribution in [0.5, 0.6) is 5.88 Å². The molecule has 0 fully saturated rings. The number of hydrogen-bond acceptors (Lipinski definition) is 3. The number of hydrogen-bond donors (Lipinski definition) is 1.